The van der Waals surface area contributed by atoms with E-state index in [2.05, 4.69) is 22.3 Å². The molecular formula is C21H19F3N4O2. The summed E-state index contributed by atoms with van der Waals surface area (Å²) in [6.45, 7) is 4.36. The van der Waals surface area contributed by atoms with Crippen LogP contribution in [-0.4, -0.2) is 33.9 Å². The summed E-state index contributed by atoms with van der Waals surface area (Å²) in [7, 11) is 0. The highest BCUT2D eigenvalue weighted by Crippen LogP contribution is 2.39. The number of hydrogen-bond acceptors (Lipinski definition) is 5. The molecule has 0 fully saturated rings. The van der Waals surface area contributed by atoms with Gasteiger partial charge in [0, 0.05) is 23.7 Å². The largest absolute Gasteiger partial charge is 0.462 e. The van der Waals surface area contributed by atoms with Gasteiger partial charge in [-0.05, 0) is 24.6 Å². The quantitative estimate of drug-likeness (QED) is 0.627. The Bertz CT molecular complexity index is 1110. The molecule has 3 heterocycles. The first-order valence-electron chi connectivity index (χ1n) is 9.48. The summed E-state index contributed by atoms with van der Waals surface area (Å²) in [5, 5.41) is 7.13. The van der Waals surface area contributed by atoms with Crippen LogP contribution in [-0.2, 0) is 10.9 Å². The van der Waals surface area contributed by atoms with Gasteiger partial charge in [0.15, 0.2) is 11.5 Å². The molecule has 1 unspecified atom stereocenters. The molecule has 3 aromatic rings. The number of nitrogens with one attached hydrogen (secondary N) is 1. The minimum Gasteiger partial charge on any atom is -0.462 e. The minimum absolute atomic E-state index is 0.0421. The summed E-state index contributed by atoms with van der Waals surface area (Å²) in [6.07, 6.45) is -3.96. The number of nitrogens with zero attached hydrogens (tertiary/aromatic N) is 3. The third-order valence-electron chi connectivity index (χ3n) is 4.97. The first-order chi connectivity index (χ1) is 14.3. The Kier molecular flexibility index (Phi) is 4.97. The Morgan fingerprint density at radius 3 is 2.77 bits per heavy atom. The van der Waals surface area contributed by atoms with Gasteiger partial charge in [0.05, 0.1) is 18.5 Å². The second-order valence-electron chi connectivity index (χ2n) is 6.97. The van der Waals surface area contributed by atoms with Gasteiger partial charge in [-0.1, -0.05) is 31.2 Å². The maximum Gasteiger partial charge on any atom is 0.434 e. The van der Waals surface area contributed by atoms with E-state index in [1.54, 1.807) is 12.1 Å². The smallest absolute Gasteiger partial charge is 0.434 e. The summed E-state index contributed by atoms with van der Waals surface area (Å²) in [5.74, 6) is -0.788. The fourth-order valence-electron chi connectivity index (χ4n) is 3.60. The lowest BCUT2D eigenvalue weighted by Gasteiger charge is -2.13. The molecule has 0 radical (unpaired) electrons. The molecule has 0 saturated carbocycles. The second kappa shape index (κ2) is 7.47. The first-order valence-corrected chi connectivity index (χ1v) is 9.48. The van der Waals surface area contributed by atoms with Crippen LogP contribution in [0.1, 0.15) is 41.4 Å². The van der Waals surface area contributed by atoms with Gasteiger partial charge in [-0.25, -0.2) is 14.5 Å². The van der Waals surface area contributed by atoms with Crippen LogP contribution in [0.4, 0.5) is 18.9 Å². The number of para-hydroxylation sites is 1. The van der Waals surface area contributed by atoms with Crippen molar-refractivity contribution in [2.75, 3.05) is 18.5 Å². The molecule has 6 nitrogen and oxygen atoms in total. The van der Waals surface area contributed by atoms with E-state index in [4.69, 9.17) is 4.74 Å². The summed E-state index contributed by atoms with van der Waals surface area (Å²) in [4.78, 5) is 16.4. The monoisotopic (exact) mass is 416 g/mol. The molecule has 1 aromatic carbocycles. The van der Waals surface area contributed by atoms with Crippen LogP contribution in [0.5, 0.6) is 0 Å². The number of benzene rings is 1. The number of hydrogen-bond donors (Lipinski definition) is 1. The van der Waals surface area contributed by atoms with Gasteiger partial charge in [-0.15, -0.1) is 0 Å². The Morgan fingerprint density at radius 1 is 1.27 bits per heavy atom. The van der Waals surface area contributed by atoms with Crippen molar-refractivity contribution in [2.24, 2.45) is 0 Å². The molecule has 0 bridgehead atoms. The van der Waals surface area contributed by atoms with Crippen molar-refractivity contribution in [1.29, 1.82) is 0 Å². The fraction of sp³-hybridized carbons (Fsp3) is 0.286. The molecule has 0 amide bonds. The van der Waals surface area contributed by atoms with E-state index >= 15 is 0 Å². The number of rotatable bonds is 4. The van der Waals surface area contributed by atoms with E-state index in [1.807, 2.05) is 18.2 Å². The van der Waals surface area contributed by atoms with Gasteiger partial charge in [0.1, 0.15) is 5.56 Å². The van der Waals surface area contributed by atoms with E-state index in [1.165, 1.54) is 13.0 Å². The van der Waals surface area contributed by atoms with Crippen LogP contribution in [0.3, 0.4) is 0 Å². The summed E-state index contributed by atoms with van der Waals surface area (Å²) >= 11 is 0. The molecule has 0 aliphatic carbocycles. The SMILES string of the molecule is CCOC(=O)c1cnn(-c2cccc(-c3cccc4c3NCC4C)n2)c1C(F)(F)F. The van der Waals surface area contributed by atoms with Crippen LogP contribution in [0, 0.1) is 0 Å². The summed E-state index contributed by atoms with van der Waals surface area (Å²) < 4.78 is 46.7. The van der Waals surface area contributed by atoms with Crippen molar-refractivity contribution in [1.82, 2.24) is 14.8 Å². The molecule has 4 rings (SSSR count). The number of halogens is 3. The molecule has 0 saturated heterocycles. The zero-order valence-electron chi connectivity index (χ0n) is 16.3. The molecule has 1 aliphatic rings. The molecule has 0 spiro atoms. The molecule has 1 aliphatic heterocycles. The minimum atomic E-state index is -4.82. The van der Waals surface area contributed by atoms with Gasteiger partial charge in [-0.3, -0.25) is 0 Å². The first kappa shape index (κ1) is 19.9. The number of carbonyl (C=O) groups excluding carboxylic acids is 1. The van der Waals surface area contributed by atoms with Crippen molar-refractivity contribution < 1.29 is 22.7 Å². The Hall–Kier alpha value is -3.36. The fourth-order valence-corrected chi connectivity index (χ4v) is 3.60. The van der Waals surface area contributed by atoms with Crippen LogP contribution >= 0.6 is 0 Å². The third-order valence-corrected chi connectivity index (χ3v) is 4.97. The second-order valence-corrected chi connectivity index (χ2v) is 6.97. The van der Waals surface area contributed by atoms with Crippen LogP contribution in [0.25, 0.3) is 17.1 Å². The average molecular weight is 416 g/mol. The molecule has 1 atom stereocenters. The summed E-state index contributed by atoms with van der Waals surface area (Å²) in [6, 6.07) is 10.6. The highest BCUT2D eigenvalue weighted by atomic mass is 19.4. The standard InChI is InChI=1S/C21H19F3N4O2/c1-3-30-20(29)15-11-26-28(19(15)21(22,23)24)17-9-5-8-16(27-17)14-7-4-6-13-12(2)10-25-18(13)14/h4-9,11-12,25H,3,10H2,1-2H3. The molecule has 9 heteroatoms. The van der Waals surface area contributed by atoms with Gasteiger partial charge >= 0.3 is 12.1 Å². The molecule has 30 heavy (non-hydrogen) atoms. The topological polar surface area (TPSA) is 69.0 Å². The lowest BCUT2D eigenvalue weighted by molar-refractivity contribution is -0.143. The van der Waals surface area contributed by atoms with E-state index in [0.717, 1.165) is 29.6 Å². The number of esters is 1. The zero-order valence-corrected chi connectivity index (χ0v) is 16.3. The predicted molar refractivity (Wildman–Crippen MR) is 105 cm³/mol. The maximum atomic E-state index is 13.8. The third kappa shape index (κ3) is 3.40. The summed E-state index contributed by atoms with van der Waals surface area (Å²) in [5.41, 5.74) is 1.51. The van der Waals surface area contributed by atoms with Crippen LogP contribution in [0.2, 0.25) is 0 Å². The van der Waals surface area contributed by atoms with Gasteiger partial charge < -0.3 is 10.1 Å². The Balaban J connectivity index is 1.82. The van der Waals surface area contributed by atoms with E-state index in [0.29, 0.717) is 16.3 Å². The molecule has 1 N–H and O–H groups in total. The normalized spacial score (nSPS) is 15.6. The predicted octanol–water partition coefficient (Wildman–Crippen LogP) is 4.66. The van der Waals surface area contributed by atoms with Crippen molar-refractivity contribution in [3.63, 3.8) is 0 Å². The van der Waals surface area contributed by atoms with E-state index < -0.39 is 23.4 Å². The Morgan fingerprint density at radius 2 is 2.03 bits per heavy atom. The van der Waals surface area contributed by atoms with E-state index in [-0.39, 0.29) is 12.4 Å². The van der Waals surface area contributed by atoms with Crippen molar-refractivity contribution in [3.05, 3.63) is 59.4 Å². The maximum absolute atomic E-state index is 13.8. The number of carbonyl (C=O) groups is 1. The molecule has 156 valence electrons. The number of alkyl halides is 3. The van der Waals surface area contributed by atoms with Crippen molar-refractivity contribution >= 4 is 11.7 Å². The lowest BCUT2D eigenvalue weighted by Crippen LogP contribution is -2.19. The van der Waals surface area contributed by atoms with Crippen molar-refractivity contribution in [2.45, 2.75) is 25.9 Å². The van der Waals surface area contributed by atoms with Gasteiger partial charge in [0.2, 0.25) is 0 Å². The number of aromatic nitrogens is 3. The number of anilines is 1. The van der Waals surface area contributed by atoms with Crippen molar-refractivity contribution in [3.8, 4) is 17.1 Å². The molecular weight excluding hydrogens is 397 g/mol. The number of ether oxygens (including phenoxy) is 1. The van der Waals surface area contributed by atoms with Gasteiger partial charge in [0.25, 0.3) is 0 Å². The lowest BCUT2D eigenvalue weighted by atomic mass is 9.99. The number of pyridine rings is 1. The van der Waals surface area contributed by atoms with Crippen LogP contribution < -0.4 is 5.32 Å². The number of fused-ring (bicyclic) bond motifs is 1. The van der Waals surface area contributed by atoms with Gasteiger partial charge in [-0.2, -0.15) is 18.3 Å². The van der Waals surface area contributed by atoms with E-state index in [9.17, 15) is 18.0 Å². The average Bonchev–Trinajstić information content (AvgIpc) is 3.33. The van der Waals surface area contributed by atoms with Crippen LogP contribution in [0.15, 0.2) is 42.6 Å². The molecule has 2 aromatic heterocycles. The Labute approximate surface area is 170 Å². The zero-order chi connectivity index (χ0) is 21.5. The highest BCUT2D eigenvalue weighted by molar-refractivity contribution is 5.90. The highest BCUT2D eigenvalue weighted by Gasteiger charge is 2.41.